The van der Waals surface area contributed by atoms with Gasteiger partial charge in [-0.3, -0.25) is 4.79 Å². The Balaban J connectivity index is 2.76. The van der Waals surface area contributed by atoms with Crippen LogP contribution in [0, 0.1) is 0 Å². The van der Waals surface area contributed by atoms with Gasteiger partial charge in [0, 0.05) is 7.05 Å². The molecule has 0 fully saturated rings. The van der Waals surface area contributed by atoms with Crippen LogP contribution in [-0.4, -0.2) is 26.2 Å². The van der Waals surface area contributed by atoms with Gasteiger partial charge in [0.1, 0.15) is 0 Å². The van der Waals surface area contributed by atoms with Crippen molar-refractivity contribution in [1.82, 2.24) is 0 Å². The Morgan fingerprint density at radius 2 is 2.06 bits per heavy atom. The number of hydrogen-bond acceptors (Lipinski definition) is 4. The number of sulfone groups is 1. The lowest BCUT2D eigenvalue weighted by atomic mass is 10.1. The molecule has 1 heterocycles. The van der Waals surface area contributed by atoms with Gasteiger partial charge >= 0.3 is 0 Å². The molecule has 1 aromatic rings. The summed E-state index contributed by atoms with van der Waals surface area (Å²) < 4.78 is 24.8. The van der Waals surface area contributed by atoms with E-state index in [1.807, 2.05) is 6.92 Å². The second kappa shape index (κ2) is 3.71. The highest BCUT2D eigenvalue weighted by atomic mass is 32.2. The summed E-state index contributed by atoms with van der Waals surface area (Å²) in [6.07, 6.45) is 0.800. The average molecular weight is 268 g/mol. The topological polar surface area (TPSA) is 80.5 Å². The zero-order chi connectivity index (χ0) is 13.7. The fourth-order valence-electron chi connectivity index (χ4n) is 2.19. The van der Waals surface area contributed by atoms with Crippen LogP contribution in [0.15, 0.2) is 23.1 Å². The number of primary amides is 1. The van der Waals surface area contributed by atoms with E-state index in [1.165, 1.54) is 11.8 Å². The lowest BCUT2D eigenvalue weighted by Gasteiger charge is -2.29. The van der Waals surface area contributed by atoms with Gasteiger partial charge in [-0.2, -0.15) is 0 Å². The quantitative estimate of drug-likeness (QED) is 0.855. The van der Waals surface area contributed by atoms with Crippen molar-refractivity contribution < 1.29 is 13.2 Å². The summed E-state index contributed by atoms with van der Waals surface area (Å²) >= 11 is 0. The van der Waals surface area contributed by atoms with Crippen LogP contribution in [0.25, 0.3) is 0 Å². The van der Waals surface area contributed by atoms with Crippen molar-refractivity contribution in [2.75, 3.05) is 11.9 Å². The van der Waals surface area contributed by atoms with E-state index in [2.05, 4.69) is 0 Å². The van der Waals surface area contributed by atoms with E-state index in [0.717, 1.165) is 12.0 Å². The predicted molar refractivity (Wildman–Crippen MR) is 69.0 cm³/mol. The van der Waals surface area contributed by atoms with Crippen molar-refractivity contribution in [3.8, 4) is 0 Å². The molecule has 1 atom stereocenters. The molecule has 0 saturated carbocycles. The highest BCUT2D eigenvalue weighted by molar-refractivity contribution is 7.94. The molecule has 98 valence electrons. The van der Waals surface area contributed by atoms with Crippen LogP contribution in [0.1, 0.15) is 19.4 Å². The Morgan fingerprint density at radius 3 is 2.56 bits per heavy atom. The number of nitrogens with zero attached hydrogens (tertiary/aromatic N) is 1. The molecule has 1 aromatic carbocycles. The molecular weight excluding hydrogens is 252 g/mol. The Bertz CT molecular complexity index is 624. The third-order valence-corrected chi connectivity index (χ3v) is 6.15. The zero-order valence-corrected chi connectivity index (χ0v) is 11.4. The molecule has 0 aliphatic carbocycles. The van der Waals surface area contributed by atoms with E-state index in [0.29, 0.717) is 5.69 Å². The Hall–Kier alpha value is -1.56. The van der Waals surface area contributed by atoms with Gasteiger partial charge < -0.3 is 10.6 Å². The van der Waals surface area contributed by atoms with Crippen molar-refractivity contribution in [2.24, 2.45) is 5.73 Å². The van der Waals surface area contributed by atoms with Crippen molar-refractivity contribution in [1.29, 1.82) is 0 Å². The molecule has 6 heteroatoms. The minimum Gasteiger partial charge on any atom is -0.367 e. The number of rotatable bonds is 2. The van der Waals surface area contributed by atoms with E-state index in [1.54, 1.807) is 25.2 Å². The summed E-state index contributed by atoms with van der Waals surface area (Å²) in [5.41, 5.74) is 6.84. The van der Waals surface area contributed by atoms with Gasteiger partial charge in [-0.15, -0.1) is 0 Å². The van der Waals surface area contributed by atoms with E-state index >= 15 is 0 Å². The second-order valence-corrected chi connectivity index (χ2v) is 6.81. The first kappa shape index (κ1) is 12.9. The minimum atomic E-state index is -3.77. The predicted octanol–water partition coefficient (Wildman–Crippen LogP) is 0.674. The lowest BCUT2D eigenvalue weighted by Crippen LogP contribution is -2.55. The van der Waals surface area contributed by atoms with Crippen LogP contribution in [0.4, 0.5) is 5.69 Å². The summed E-state index contributed by atoms with van der Waals surface area (Å²) in [4.78, 5) is 11.5. The number of amides is 1. The zero-order valence-electron chi connectivity index (χ0n) is 10.6. The molecule has 1 aliphatic heterocycles. The van der Waals surface area contributed by atoms with Crippen LogP contribution in [0.2, 0.25) is 0 Å². The first-order chi connectivity index (χ1) is 8.26. The van der Waals surface area contributed by atoms with Gasteiger partial charge in [0.15, 0.2) is 0 Å². The number of fused-ring (bicyclic) bond motifs is 1. The van der Waals surface area contributed by atoms with Crippen LogP contribution < -0.4 is 10.6 Å². The summed E-state index contributed by atoms with van der Waals surface area (Å²) in [5.74, 6) is -0.862. The number of likely N-dealkylation sites (N-methyl/N-ethyl adjacent to an activating group) is 1. The molecule has 0 saturated heterocycles. The summed E-state index contributed by atoms with van der Waals surface area (Å²) in [6.45, 7) is 3.33. The van der Waals surface area contributed by atoms with Crippen molar-refractivity contribution >= 4 is 21.4 Å². The fourth-order valence-corrected chi connectivity index (χ4v) is 4.06. The number of carbonyl (C=O) groups is 1. The van der Waals surface area contributed by atoms with Crippen molar-refractivity contribution in [3.05, 3.63) is 23.8 Å². The number of nitrogens with two attached hydrogens (primary N) is 1. The maximum absolute atomic E-state index is 12.4. The SMILES string of the molecule is CCc1ccc2c(c1)N(C)C(C)(C(N)=O)S2(=O)=O. The maximum atomic E-state index is 12.4. The minimum absolute atomic E-state index is 0.170. The third-order valence-electron chi connectivity index (χ3n) is 3.70. The largest absolute Gasteiger partial charge is 0.367 e. The molecule has 2 N–H and O–H groups in total. The maximum Gasteiger partial charge on any atom is 0.259 e. The van der Waals surface area contributed by atoms with Crippen LogP contribution in [0.5, 0.6) is 0 Å². The molecule has 0 radical (unpaired) electrons. The molecule has 1 amide bonds. The Labute approximate surface area is 107 Å². The molecule has 18 heavy (non-hydrogen) atoms. The van der Waals surface area contributed by atoms with Crippen molar-refractivity contribution in [2.45, 2.75) is 30.0 Å². The fraction of sp³-hybridized carbons (Fsp3) is 0.417. The average Bonchev–Trinajstić information content (AvgIpc) is 2.49. The number of hydrogen-bond donors (Lipinski definition) is 1. The van der Waals surface area contributed by atoms with Crippen LogP contribution in [-0.2, 0) is 21.1 Å². The standard InChI is InChI=1S/C12H16N2O3S/c1-4-8-5-6-10-9(7-8)14(3)12(2,11(13)15)18(10,16)17/h5-7H,4H2,1-3H3,(H2,13,15). The van der Waals surface area contributed by atoms with E-state index < -0.39 is 20.6 Å². The van der Waals surface area contributed by atoms with E-state index in [9.17, 15) is 13.2 Å². The Kier molecular flexibility index (Phi) is 2.66. The van der Waals surface area contributed by atoms with Gasteiger partial charge in [0.25, 0.3) is 5.91 Å². The molecule has 1 unspecified atom stereocenters. The number of benzene rings is 1. The first-order valence-corrected chi connectivity index (χ1v) is 7.16. The monoisotopic (exact) mass is 268 g/mol. The molecule has 0 bridgehead atoms. The second-order valence-electron chi connectivity index (χ2n) is 4.57. The van der Waals surface area contributed by atoms with E-state index in [4.69, 9.17) is 5.73 Å². The number of aryl methyl sites for hydroxylation is 1. The summed E-state index contributed by atoms with van der Waals surface area (Å²) in [7, 11) is -2.19. The van der Waals surface area contributed by atoms with Gasteiger partial charge in [0.05, 0.1) is 10.6 Å². The first-order valence-electron chi connectivity index (χ1n) is 5.68. The summed E-state index contributed by atoms with van der Waals surface area (Å²) in [6, 6.07) is 5.10. The van der Waals surface area contributed by atoms with Crippen LogP contribution in [0.3, 0.4) is 0 Å². The highest BCUT2D eigenvalue weighted by Crippen LogP contribution is 2.44. The van der Waals surface area contributed by atoms with Gasteiger partial charge in [0.2, 0.25) is 14.7 Å². The molecule has 0 spiro atoms. The Morgan fingerprint density at radius 1 is 1.44 bits per heavy atom. The lowest BCUT2D eigenvalue weighted by molar-refractivity contribution is -0.119. The van der Waals surface area contributed by atoms with Gasteiger partial charge in [-0.05, 0) is 31.0 Å². The van der Waals surface area contributed by atoms with Gasteiger partial charge in [-0.1, -0.05) is 13.0 Å². The number of anilines is 1. The van der Waals surface area contributed by atoms with Crippen molar-refractivity contribution in [3.63, 3.8) is 0 Å². The molecule has 1 aliphatic rings. The summed E-state index contributed by atoms with van der Waals surface area (Å²) in [5, 5.41) is 0. The highest BCUT2D eigenvalue weighted by Gasteiger charge is 2.56. The van der Waals surface area contributed by atoms with Gasteiger partial charge in [-0.25, -0.2) is 8.42 Å². The van der Waals surface area contributed by atoms with Crippen LogP contribution >= 0.6 is 0 Å². The third kappa shape index (κ3) is 1.32. The molecule has 5 nitrogen and oxygen atoms in total. The molecular formula is C12H16N2O3S. The normalized spacial score (nSPS) is 24.9. The smallest absolute Gasteiger partial charge is 0.259 e. The molecule has 0 aromatic heterocycles. The molecule has 2 rings (SSSR count). The number of carbonyl (C=O) groups excluding carboxylic acids is 1. The van der Waals surface area contributed by atoms with E-state index in [-0.39, 0.29) is 4.90 Å².